The van der Waals surface area contributed by atoms with Crippen LogP contribution >= 0.6 is 22.6 Å². The Hall–Kier alpha value is -1.61. The van der Waals surface area contributed by atoms with Gasteiger partial charge >= 0.3 is 0 Å². The van der Waals surface area contributed by atoms with E-state index >= 15 is 0 Å². The number of hydrogen-bond donors (Lipinski definition) is 5. The Bertz CT molecular complexity index is 843. The van der Waals surface area contributed by atoms with Gasteiger partial charge in [0.1, 0.15) is 18.3 Å². The van der Waals surface area contributed by atoms with Crippen molar-refractivity contribution in [2.24, 2.45) is 0 Å². The number of anilines is 2. The van der Waals surface area contributed by atoms with Gasteiger partial charge in [0.15, 0.2) is 23.2 Å². The number of carbonyl (C=O) groups is 1. The van der Waals surface area contributed by atoms with E-state index < -0.39 is 31.1 Å². The normalized spacial score (nSPS) is 28.5. The van der Waals surface area contributed by atoms with Crippen molar-refractivity contribution < 1.29 is 24.9 Å². The van der Waals surface area contributed by atoms with Gasteiger partial charge < -0.3 is 25.4 Å². The van der Waals surface area contributed by atoms with E-state index in [4.69, 9.17) is 4.74 Å². The van der Waals surface area contributed by atoms with Gasteiger partial charge in [-0.15, -0.1) is 0 Å². The topological polar surface area (TPSA) is 155 Å². The third-order valence-corrected chi connectivity index (χ3v) is 4.61. The Labute approximate surface area is 160 Å². The maximum absolute atomic E-state index is 11.4. The molecule has 2 aromatic rings. The molecule has 0 aromatic carbocycles. The maximum atomic E-state index is 11.4. The summed E-state index contributed by atoms with van der Waals surface area (Å²) >= 11 is 1.58. The van der Waals surface area contributed by atoms with Crippen molar-refractivity contribution in [1.29, 1.82) is 0 Å². The molecule has 1 aliphatic carbocycles. The van der Waals surface area contributed by atoms with Crippen molar-refractivity contribution in [2.45, 2.75) is 43.4 Å². The van der Waals surface area contributed by atoms with Crippen LogP contribution in [-0.4, -0.2) is 69.7 Å². The number of halogens is 1. The van der Waals surface area contributed by atoms with E-state index in [0.29, 0.717) is 23.0 Å². The smallest absolute Gasteiger partial charge is 0.287 e. The van der Waals surface area contributed by atoms with Crippen LogP contribution in [0.3, 0.4) is 0 Å². The Balaban J connectivity index is 1.76. The Kier molecular flexibility index (Phi) is 4.68. The molecule has 2 aromatic heterocycles. The summed E-state index contributed by atoms with van der Waals surface area (Å²) in [5.41, 5.74) is 0.791. The molecule has 2 aliphatic rings. The molecule has 4 atom stereocenters. The number of carbonyl (C=O) groups excluding carboxylic acids is 1. The van der Waals surface area contributed by atoms with Crippen LogP contribution in [0.4, 0.5) is 16.6 Å². The quantitative estimate of drug-likeness (QED) is 0.228. The lowest BCUT2D eigenvalue weighted by molar-refractivity contribution is -0.0511. The van der Waals surface area contributed by atoms with Crippen LogP contribution in [0.2, 0.25) is 0 Å². The van der Waals surface area contributed by atoms with Crippen LogP contribution in [0, 0.1) is 0 Å². The molecule has 11 nitrogen and oxygen atoms in total. The summed E-state index contributed by atoms with van der Waals surface area (Å²) in [6.07, 6.45) is -0.910. The Morgan fingerprint density at radius 1 is 1.35 bits per heavy atom. The minimum absolute atomic E-state index is 0.0912. The molecule has 1 amide bonds. The molecule has 1 saturated carbocycles. The number of amides is 1. The predicted molar refractivity (Wildman–Crippen MR) is 98.0 cm³/mol. The fraction of sp³-hybridized carbons (Fsp3) is 0.571. The molecule has 26 heavy (non-hydrogen) atoms. The summed E-state index contributed by atoms with van der Waals surface area (Å²) < 4.78 is 6.66. The molecule has 1 aliphatic heterocycles. The highest BCUT2D eigenvalue weighted by Gasteiger charge is 2.44. The number of rotatable bonds is 5. The summed E-state index contributed by atoms with van der Waals surface area (Å²) in [5.74, 6) is 0.566. The van der Waals surface area contributed by atoms with Gasteiger partial charge in [0, 0.05) is 28.6 Å². The fourth-order valence-electron chi connectivity index (χ4n) is 2.88. The summed E-state index contributed by atoms with van der Waals surface area (Å²) in [7, 11) is 0. The number of aliphatic hydroxyl groups excluding tert-OH is 3. The Morgan fingerprint density at radius 2 is 2.12 bits per heavy atom. The molecule has 140 valence electrons. The summed E-state index contributed by atoms with van der Waals surface area (Å²) in [5, 5.41) is 35.3. The lowest BCUT2D eigenvalue weighted by Gasteiger charge is -2.17. The number of fused-ring (bicyclic) bond motifs is 1. The maximum Gasteiger partial charge on any atom is 0.287 e. The number of nitrogens with one attached hydrogen (secondary N) is 2. The van der Waals surface area contributed by atoms with Crippen molar-refractivity contribution in [3.05, 3.63) is 6.33 Å². The van der Waals surface area contributed by atoms with Gasteiger partial charge in [0.2, 0.25) is 5.95 Å². The third-order valence-electron chi connectivity index (χ3n) is 4.34. The highest BCUT2D eigenvalue weighted by Crippen LogP contribution is 2.34. The van der Waals surface area contributed by atoms with Gasteiger partial charge in [-0.25, -0.2) is 4.98 Å². The molecule has 5 N–H and O–H groups in total. The van der Waals surface area contributed by atoms with Gasteiger partial charge in [0.05, 0.1) is 12.9 Å². The lowest BCUT2D eigenvalue weighted by atomic mass is 10.1. The van der Waals surface area contributed by atoms with E-state index in [9.17, 15) is 20.1 Å². The Morgan fingerprint density at radius 3 is 2.73 bits per heavy atom. The van der Waals surface area contributed by atoms with Gasteiger partial charge in [-0.2, -0.15) is 9.97 Å². The fourth-order valence-corrected chi connectivity index (χ4v) is 3.12. The largest absolute Gasteiger partial charge is 0.394 e. The van der Waals surface area contributed by atoms with Crippen LogP contribution in [-0.2, 0) is 4.74 Å². The van der Waals surface area contributed by atoms with Crippen LogP contribution in [0.1, 0.15) is 19.1 Å². The summed E-state index contributed by atoms with van der Waals surface area (Å²) in [6, 6.07) is 0.301. The molecule has 1 saturated heterocycles. The molecule has 12 heteroatoms. The molecular weight excluding hydrogens is 459 g/mol. The number of aromatic nitrogens is 4. The molecule has 0 radical (unpaired) electrons. The van der Waals surface area contributed by atoms with E-state index in [2.05, 4.69) is 25.6 Å². The molecule has 3 heterocycles. The van der Waals surface area contributed by atoms with E-state index in [1.165, 1.54) is 10.9 Å². The van der Waals surface area contributed by atoms with Gasteiger partial charge in [0.25, 0.3) is 3.91 Å². The van der Waals surface area contributed by atoms with E-state index in [0.717, 1.165) is 12.8 Å². The van der Waals surface area contributed by atoms with Crippen molar-refractivity contribution >= 4 is 49.4 Å². The number of ether oxygens (including phenoxy) is 1. The second kappa shape index (κ2) is 6.84. The number of imidazole rings is 1. The highest BCUT2D eigenvalue weighted by atomic mass is 127. The van der Waals surface area contributed by atoms with Crippen molar-refractivity contribution in [3.63, 3.8) is 0 Å². The number of aliphatic hydroxyl groups is 3. The zero-order valence-corrected chi connectivity index (χ0v) is 15.6. The minimum atomic E-state index is -1.26. The molecule has 0 bridgehead atoms. The summed E-state index contributed by atoms with van der Waals surface area (Å²) in [4.78, 5) is 24.3. The van der Waals surface area contributed by atoms with E-state index in [1.54, 1.807) is 22.6 Å². The SMILES string of the molecule is O=C(I)Nc1nc(NC2CC2)c2ncn([C@@H]3O[C@H](CO)[C@@H](O)[C@H]3O)c2n1. The average molecular weight is 476 g/mol. The monoisotopic (exact) mass is 476 g/mol. The third kappa shape index (κ3) is 3.22. The second-order valence-electron chi connectivity index (χ2n) is 6.27. The first-order valence-corrected chi connectivity index (χ1v) is 9.16. The molecule has 4 rings (SSSR count). The lowest BCUT2D eigenvalue weighted by Crippen LogP contribution is -2.33. The number of hydrogen-bond acceptors (Lipinski definition) is 9. The zero-order valence-electron chi connectivity index (χ0n) is 13.4. The summed E-state index contributed by atoms with van der Waals surface area (Å²) in [6.45, 7) is -0.430. The van der Waals surface area contributed by atoms with Crippen LogP contribution < -0.4 is 10.6 Å². The second-order valence-corrected chi connectivity index (χ2v) is 7.25. The van der Waals surface area contributed by atoms with E-state index in [1.807, 2.05) is 0 Å². The molecular formula is C14H17IN6O5. The van der Waals surface area contributed by atoms with Crippen molar-refractivity contribution in [1.82, 2.24) is 19.5 Å². The van der Waals surface area contributed by atoms with Crippen LogP contribution in [0.15, 0.2) is 6.33 Å². The minimum Gasteiger partial charge on any atom is -0.394 e. The zero-order chi connectivity index (χ0) is 18.4. The average Bonchev–Trinajstić information content (AvgIpc) is 3.24. The first-order valence-electron chi connectivity index (χ1n) is 8.08. The van der Waals surface area contributed by atoms with Crippen LogP contribution in [0.25, 0.3) is 11.2 Å². The van der Waals surface area contributed by atoms with Gasteiger partial charge in [-0.05, 0) is 12.8 Å². The predicted octanol–water partition coefficient (Wildman–Crippen LogP) is -0.0210. The van der Waals surface area contributed by atoms with Gasteiger partial charge in [-0.1, -0.05) is 0 Å². The standard InChI is InChI=1S/C14H17IN6O5/c15-13(25)20-14-18-10(17-5-1-2-5)7-11(19-14)21(4-16-7)12-9(24)8(23)6(3-22)26-12/h4-6,8-9,12,22-24H,1-3H2,(H2,17,18,19,20,25)/t6-,8-,9-,12-/m1/s1. The first-order chi connectivity index (χ1) is 12.5. The molecule has 0 spiro atoms. The number of nitrogens with zero attached hydrogens (tertiary/aromatic N) is 4. The first kappa shape index (κ1) is 17.8. The molecule has 0 unspecified atom stereocenters. The van der Waals surface area contributed by atoms with Crippen molar-refractivity contribution in [3.8, 4) is 0 Å². The molecule has 2 fully saturated rings. The van der Waals surface area contributed by atoms with E-state index in [-0.39, 0.29) is 9.86 Å². The highest BCUT2D eigenvalue weighted by molar-refractivity contribution is 14.1. The van der Waals surface area contributed by atoms with Crippen LogP contribution in [0.5, 0.6) is 0 Å². The van der Waals surface area contributed by atoms with Crippen molar-refractivity contribution in [2.75, 3.05) is 17.2 Å². The van der Waals surface area contributed by atoms with Gasteiger partial charge in [-0.3, -0.25) is 14.7 Å².